The molecule has 4 aromatic carbocycles. The number of benzene rings is 4. The molecule has 0 saturated heterocycles. The van der Waals surface area contributed by atoms with Crippen LogP contribution in [0.3, 0.4) is 0 Å². The Kier molecular flexibility index (Phi) is 8.64. The lowest BCUT2D eigenvalue weighted by molar-refractivity contribution is -0.137. The van der Waals surface area contributed by atoms with Crippen LogP contribution < -0.4 is 10.6 Å². The molecule has 0 unspecified atom stereocenters. The quantitative estimate of drug-likeness (QED) is 0.196. The second-order valence-electron chi connectivity index (χ2n) is 8.88. The summed E-state index contributed by atoms with van der Waals surface area (Å²) in [5, 5.41) is 25.2. The van der Waals surface area contributed by atoms with Crippen LogP contribution in [0.4, 0.5) is 5.69 Å². The van der Waals surface area contributed by atoms with Crippen molar-refractivity contribution in [2.24, 2.45) is 0 Å². The van der Waals surface area contributed by atoms with Crippen LogP contribution in [-0.2, 0) is 17.8 Å². The van der Waals surface area contributed by atoms with Gasteiger partial charge in [0.2, 0.25) is 0 Å². The second kappa shape index (κ2) is 12.5. The van der Waals surface area contributed by atoms with E-state index in [4.69, 9.17) is 0 Å². The van der Waals surface area contributed by atoms with Gasteiger partial charge in [-0.2, -0.15) is 0 Å². The van der Waals surface area contributed by atoms with Crippen molar-refractivity contribution >= 4 is 23.4 Å². The number of carboxylic acids is 2. The summed E-state index contributed by atoms with van der Waals surface area (Å²) in [6.45, 7) is 0.799. The van der Waals surface area contributed by atoms with Crippen LogP contribution in [0.5, 0.6) is 0 Å². The van der Waals surface area contributed by atoms with E-state index in [0.29, 0.717) is 12.1 Å². The van der Waals surface area contributed by atoms with Gasteiger partial charge in [0.1, 0.15) is 6.04 Å². The van der Waals surface area contributed by atoms with Gasteiger partial charge in [-0.3, -0.25) is 4.79 Å². The molecule has 1 atom stereocenters. The highest BCUT2D eigenvalue weighted by Crippen LogP contribution is 2.23. The molecule has 0 aliphatic heterocycles. The predicted molar refractivity (Wildman–Crippen MR) is 147 cm³/mol. The van der Waals surface area contributed by atoms with Gasteiger partial charge >= 0.3 is 11.9 Å². The van der Waals surface area contributed by atoms with E-state index in [0.717, 1.165) is 22.3 Å². The van der Waals surface area contributed by atoms with E-state index in [-0.39, 0.29) is 30.0 Å². The van der Waals surface area contributed by atoms with Crippen molar-refractivity contribution < 1.29 is 24.6 Å². The van der Waals surface area contributed by atoms with E-state index in [1.807, 2.05) is 60.7 Å². The lowest BCUT2D eigenvalue weighted by Gasteiger charge is -2.17. The summed E-state index contributed by atoms with van der Waals surface area (Å²) in [5.74, 6) is -2.15. The van der Waals surface area contributed by atoms with Gasteiger partial charge in [-0.25, -0.2) is 9.59 Å². The Balaban J connectivity index is 1.38. The minimum absolute atomic E-state index is 0.0212. The Morgan fingerprint density at radius 3 is 2.13 bits per heavy atom. The molecule has 4 rings (SSSR count). The van der Waals surface area contributed by atoms with Crippen molar-refractivity contribution in [1.82, 2.24) is 5.32 Å². The third-order valence-corrected chi connectivity index (χ3v) is 6.15. The Labute approximate surface area is 220 Å². The number of anilines is 1. The summed E-state index contributed by atoms with van der Waals surface area (Å²) in [5.41, 5.74) is 4.80. The highest BCUT2D eigenvalue weighted by atomic mass is 16.4. The van der Waals surface area contributed by atoms with Gasteiger partial charge in [-0.15, -0.1) is 0 Å². The number of rotatable bonds is 12. The minimum atomic E-state index is -1.12. The maximum absolute atomic E-state index is 12.3. The highest BCUT2D eigenvalue weighted by Gasteiger charge is 2.20. The third-order valence-electron chi connectivity index (χ3n) is 6.15. The molecule has 0 spiro atoms. The number of carbonyl (C=O) groups excluding carboxylic acids is 1. The van der Waals surface area contributed by atoms with E-state index in [1.54, 1.807) is 30.3 Å². The third kappa shape index (κ3) is 6.93. The first-order chi connectivity index (χ1) is 18.4. The molecule has 38 heavy (non-hydrogen) atoms. The molecular formula is C31H28N2O5. The SMILES string of the molecule is O=C(CNCc1cccc(-c2ccc(C[C@H](Nc3ccccc3C(=O)O)C(=O)O)cc2)c1)c1ccccc1. The largest absolute Gasteiger partial charge is 0.480 e. The van der Waals surface area contributed by atoms with Crippen LogP contribution in [0.1, 0.15) is 31.8 Å². The Hall–Kier alpha value is -4.75. The molecule has 0 heterocycles. The van der Waals surface area contributed by atoms with Gasteiger partial charge in [-0.05, 0) is 40.5 Å². The number of aromatic carboxylic acids is 1. The van der Waals surface area contributed by atoms with Crippen LogP contribution in [0.15, 0.2) is 103 Å². The molecule has 0 aliphatic rings. The zero-order valence-electron chi connectivity index (χ0n) is 20.6. The molecule has 0 saturated carbocycles. The topological polar surface area (TPSA) is 116 Å². The van der Waals surface area contributed by atoms with Gasteiger partial charge in [0.25, 0.3) is 0 Å². The minimum Gasteiger partial charge on any atom is -0.480 e. The summed E-state index contributed by atoms with van der Waals surface area (Å²) in [6, 6.07) is 30.1. The molecule has 192 valence electrons. The zero-order chi connectivity index (χ0) is 26.9. The monoisotopic (exact) mass is 508 g/mol. The number of hydrogen-bond donors (Lipinski definition) is 4. The van der Waals surface area contributed by atoms with Gasteiger partial charge in [-0.1, -0.05) is 84.9 Å². The van der Waals surface area contributed by atoms with Crippen molar-refractivity contribution in [3.05, 3.63) is 125 Å². The van der Waals surface area contributed by atoms with Crippen LogP contribution >= 0.6 is 0 Å². The molecule has 7 nitrogen and oxygen atoms in total. The molecule has 0 aromatic heterocycles. The number of ketones is 1. The Bertz CT molecular complexity index is 1420. The highest BCUT2D eigenvalue weighted by molar-refractivity contribution is 5.97. The molecule has 0 aliphatic carbocycles. The van der Waals surface area contributed by atoms with Crippen molar-refractivity contribution in [3.8, 4) is 11.1 Å². The maximum Gasteiger partial charge on any atom is 0.337 e. The fourth-order valence-corrected chi connectivity index (χ4v) is 4.16. The number of hydrogen-bond acceptors (Lipinski definition) is 5. The molecular weight excluding hydrogens is 480 g/mol. The zero-order valence-corrected chi connectivity index (χ0v) is 20.6. The molecule has 4 aromatic rings. The summed E-state index contributed by atoms with van der Waals surface area (Å²) < 4.78 is 0. The summed E-state index contributed by atoms with van der Waals surface area (Å²) >= 11 is 0. The molecule has 7 heteroatoms. The fourth-order valence-electron chi connectivity index (χ4n) is 4.16. The first-order valence-electron chi connectivity index (χ1n) is 12.2. The van der Waals surface area contributed by atoms with Crippen LogP contribution in [-0.4, -0.2) is 40.5 Å². The van der Waals surface area contributed by atoms with Crippen LogP contribution in [0.2, 0.25) is 0 Å². The van der Waals surface area contributed by atoms with Gasteiger partial charge in [0.05, 0.1) is 12.1 Å². The molecule has 4 N–H and O–H groups in total. The lowest BCUT2D eigenvalue weighted by Crippen LogP contribution is -2.32. The fraction of sp³-hybridized carbons (Fsp3) is 0.129. The number of carboxylic acid groups (broad SMARTS) is 2. The number of para-hydroxylation sites is 1. The van der Waals surface area contributed by atoms with E-state index in [9.17, 15) is 24.6 Å². The summed E-state index contributed by atoms with van der Waals surface area (Å²) in [4.78, 5) is 35.6. The first-order valence-corrected chi connectivity index (χ1v) is 12.2. The standard InChI is InChI=1S/C31H28N2O5/c34-29(24-8-2-1-3-9-24)20-32-19-22-7-6-10-25(17-22)23-15-13-21(14-16-23)18-28(31(37)38)33-27-12-5-4-11-26(27)30(35)36/h1-17,28,32-33H,18-20H2,(H,35,36)(H,37,38)/t28-/m0/s1. The molecule has 0 amide bonds. The van der Waals surface area contributed by atoms with Gasteiger partial charge in [0.15, 0.2) is 5.78 Å². The predicted octanol–water partition coefficient (Wildman–Crippen LogP) is 5.13. The smallest absolute Gasteiger partial charge is 0.337 e. The van der Waals surface area contributed by atoms with Crippen molar-refractivity contribution in [1.29, 1.82) is 0 Å². The lowest BCUT2D eigenvalue weighted by atomic mass is 9.99. The summed E-state index contributed by atoms with van der Waals surface area (Å²) in [6.07, 6.45) is 0.184. The Morgan fingerprint density at radius 1 is 0.711 bits per heavy atom. The molecule has 0 bridgehead atoms. The molecule has 0 radical (unpaired) electrons. The number of Topliss-reactive ketones (excluding diaryl/α,β-unsaturated/α-hetero) is 1. The van der Waals surface area contributed by atoms with Crippen molar-refractivity contribution in [2.75, 3.05) is 11.9 Å². The number of aliphatic carboxylic acids is 1. The van der Waals surface area contributed by atoms with Crippen LogP contribution in [0, 0.1) is 0 Å². The van der Waals surface area contributed by atoms with Gasteiger partial charge < -0.3 is 20.8 Å². The Morgan fingerprint density at radius 2 is 1.42 bits per heavy atom. The maximum atomic E-state index is 12.3. The van der Waals surface area contributed by atoms with Crippen molar-refractivity contribution in [2.45, 2.75) is 19.0 Å². The average Bonchev–Trinajstić information content (AvgIpc) is 2.94. The number of nitrogens with one attached hydrogen (secondary N) is 2. The van der Waals surface area contributed by atoms with E-state index >= 15 is 0 Å². The van der Waals surface area contributed by atoms with E-state index < -0.39 is 18.0 Å². The van der Waals surface area contributed by atoms with Crippen LogP contribution in [0.25, 0.3) is 11.1 Å². The second-order valence-corrected chi connectivity index (χ2v) is 8.88. The van der Waals surface area contributed by atoms with Gasteiger partial charge in [0, 0.05) is 24.2 Å². The normalized spacial score (nSPS) is 11.5. The van der Waals surface area contributed by atoms with E-state index in [1.165, 1.54) is 6.07 Å². The average molecular weight is 509 g/mol. The first kappa shape index (κ1) is 26.3. The van der Waals surface area contributed by atoms with E-state index in [2.05, 4.69) is 16.7 Å². The van der Waals surface area contributed by atoms with Crippen molar-refractivity contribution in [3.63, 3.8) is 0 Å². The molecule has 0 fully saturated rings. The number of carbonyl (C=O) groups is 3. The summed E-state index contributed by atoms with van der Waals surface area (Å²) in [7, 11) is 0.